The first kappa shape index (κ1) is 22.5. The number of guanidine groups is 1. The molecular formula is C25H27F3N6. The number of benzene rings is 2. The van der Waals surface area contributed by atoms with Crippen LogP contribution in [0.15, 0.2) is 52.5 Å². The van der Waals surface area contributed by atoms with Gasteiger partial charge in [-0.3, -0.25) is 0 Å². The molecule has 0 aliphatic carbocycles. The SMILES string of the molecule is CC(NC1=NC2=NCCN2c2ccc(C3=CCN(C)CC3)cc21)c1cc(N)cc(C(F)(F)F)c1. The molecule has 178 valence electrons. The lowest BCUT2D eigenvalue weighted by molar-refractivity contribution is -0.137. The predicted octanol–water partition coefficient (Wildman–Crippen LogP) is 4.29. The Hall–Kier alpha value is -3.33. The second-order valence-electron chi connectivity index (χ2n) is 9.02. The van der Waals surface area contributed by atoms with Crippen LogP contribution in [0.25, 0.3) is 5.57 Å². The van der Waals surface area contributed by atoms with Gasteiger partial charge in [-0.15, -0.1) is 0 Å². The maximum atomic E-state index is 13.3. The molecule has 0 spiro atoms. The zero-order chi connectivity index (χ0) is 24.0. The largest absolute Gasteiger partial charge is 0.416 e. The quantitative estimate of drug-likeness (QED) is 0.660. The van der Waals surface area contributed by atoms with Gasteiger partial charge in [0.1, 0.15) is 5.84 Å². The van der Waals surface area contributed by atoms with E-state index in [-0.39, 0.29) is 5.69 Å². The average Bonchev–Trinajstić information content (AvgIpc) is 3.27. The van der Waals surface area contributed by atoms with Gasteiger partial charge in [0.05, 0.1) is 23.8 Å². The minimum absolute atomic E-state index is 0.0762. The van der Waals surface area contributed by atoms with E-state index in [1.807, 2.05) is 6.92 Å². The summed E-state index contributed by atoms with van der Waals surface area (Å²) in [5.74, 6) is 1.22. The lowest BCUT2D eigenvalue weighted by Crippen LogP contribution is -2.38. The Balaban J connectivity index is 1.50. The van der Waals surface area contributed by atoms with E-state index in [0.29, 0.717) is 23.9 Å². The van der Waals surface area contributed by atoms with Crippen LogP contribution in [0.1, 0.15) is 41.6 Å². The van der Waals surface area contributed by atoms with Crippen LogP contribution in [0.5, 0.6) is 0 Å². The molecule has 9 heteroatoms. The highest BCUT2D eigenvalue weighted by Crippen LogP contribution is 2.35. The summed E-state index contributed by atoms with van der Waals surface area (Å²) in [6.07, 6.45) is -1.25. The standard InChI is InChI=1S/C25H27F3N6/c1-15(18-11-19(25(26,27)28)14-20(29)12-18)31-23-21-13-17(16-5-8-33(2)9-6-16)3-4-22(21)34-10-7-30-24(34)32-23/h3-5,11-15H,6-10,29H2,1-2H3,(H,30,31,32). The Morgan fingerprint density at radius 2 is 1.94 bits per heavy atom. The normalized spacial score (nSPS) is 19.1. The van der Waals surface area contributed by atoms with Crippen molar-refractivity contribution in [1.82, 2.24) is 10.2 Å². The molecule has 0 bridgehead atoms. The number of amidine groups is 1. The lowest BCUT2D eigenvalue weighted by Gasteiger charge is -2.30. The van der Waals surface area contributed by atoms with Crippen molar-refractivity contribution >= 4 is 28.7 Å². The fourth-order valence-corrected chi connectivity index (χ4v) is 4.60. The van der Waals surface area contributed by atoms with Gasteiger partial charge < -0.3 is 20.9 Å². The van der Waals surface area contributed by atoms with Crippen molar-refractivity contribution in [2.45, 2.75) is 25.6 Å². The van der Waals surface area contributed by atoms with Crippen molar-refractivity contribution in [2.24, 2.45) is 9.98 Å². The smallest absolute Gasteiger partial charge is 0.399 e. The van der Waals surface area contributed by atoms with E-state index in [9.17, 15) is 13.2 Å². The highest BCUT2D eigenvalue weighted by molar-refractivity contribution is 6.18. The van der Waals surface area contributed by atoms with Gasteiger partial charge in [0.2, 0.25) is 5.96 Å². The van der Waals surface area contributed by atoms with Crippen LogP contribution in [0, 0.1) is 0 Å². The van der Waals surface area contributed by atoms with Gasteiger partial charge in [0, 0.05) is 30.9 Å². The van der Waals surface area contributed by atoms with Crippen molar-refractivity contribution in [1.29, 1.82) is 0 Å². The summed E-state index contributed by atoms with van der Waals surface area (Å²) in [4.78, 5) is 13.6. The molecule has 0 saturated heterocycles. The second kappa shape index (κ2) is 8.47. The second-order valence-corrected chi connectivity index (χ2v) is 9.02. The van der Waals surface area contributed by atoms with Crippen LogP contribution in [0.2, 0.25) is 0 Å². The fraction of sp³-hybridized carbons (Fsp3) is 0.360. The predicted molar refractivity (Wildman–Crippen MR) is 130 cm³/mol. The molecule has 6 nitrogen and oxygen atoms in total. The van der Waals surface area contributed by atoms with E-state index in [1.165, 1.54) is 5.57 Å². The van der Waals surface area contributed by atoms with Gasteiger partial charge in [-0.05, 0) is 67.4 Å². The van der Waals surface area contributed by atoms with Crippen molar-refractivity contribution in [2.75, 3.05) is 43.9 Å². The number of alkyl halides is 3. The van der Waals surface area contributed by atoms with Crippen LogP contribution < -0.4 is 16.0 Å². The molecule has 3 N–H and O–H groups in total. The number of nitrogens with two attached hydrogens (primary N) is 1. The number of aliphatic imine (C=N–C) groups is 2. The van der Waals surface area contributed by atoms with E-state index >= 15 is 0 Å². The van der Waals surface area contributed by atoms with Gasteiger partial charge in [-0.1, -0.05) is 12.1 Å². The third-order valence-corrected chi connectivity index (χ3v) is 6.51. The summed E-state index contributed by atoms with van der Waals surface area (Å²) in [6, 6.07) is 9.56. The molecule has 0 aromatic heterocycles. The Labute approximate surface area is 196 Å². The molecule has 0 fully saturated rings. The molecule has 1 unspecified atom stereocenters. The number of nitrogen functional groups attached to an aromatic ring is 1. The fourth-order valence-electron chi connectivity index (χ4n) is 4.60. The van der Waals surface area contributed by atoms with E-state index in [0.717, 1.165) is 55.0 Å². The van der Waals surface area contributed by atoms with Gasteiger partial charge in [-0.2, -0.15) is 18.2 Å². The zero-order valence-corrected chi connectivity index (χ0v) is 19.2. The minimum Gasteiger partial charge on any atom is -0.399 e. The first-order valence-corrected chi connectivity index (χ1v) is 11.4. The van der Waals surface area contributed by atoms with Crippen molar-refractivity contribution in [3.63, 3.8) is 0 Å². The van der Waals surface area contributed by atoms with E-state index in [1.54, 1.807) is 6.07 Å². The molecule has 1 atom stereocenters. The van der Waals surface area contributed by atoms with E-state index in [4.69, 9.17) is 10.7 Å². The first-order chi connectivity index (χ1) is 16.2. The third-order valence-electron chi connectivity index (χ3n) is 6.51. The maximum absolute atomic E-state index is 13.3. The number of likely N-dealkylation sites (N-methyl/N-ethyl adjacent to an activating group) is 1. The number of halogens is 3. The van der Waals surface area contributed by atoms with Crippen LogP contribution >= 0.6 is 0 Å². The van der Waals surface area contributed by atoms with Crippen molar-refractivity contribution < 1.29 is 13.2 Å². The lowest BCUT2D eigenvalue weighted by atomic mass is 9.95. The van der Waals surface area contributed by atoms with Crippen LogP contribution in [0.3, 0.4) is 0 Å². The highest BCUT2D eigenvalue weighted by Gasteiger charge is 2.32. The molecule has 3 aliphatic rings. The Bertz CT molecular complexity index is 1210. The summed E-state index contributed by atoms with van der Waals surface area (Å²) in [5.41, 5.74) is 9.91. The number of anilines is 2. The summed E-state index contributed by atoms with van der Waals surface area (Å²) in [7, 11) is 2.10. The molecule has 2 aromatic carbocycles. The minimum atomic E-state index is -4.46. The summed E-state index contributed by atoms with van der Waals surface area (Å²) < 4.78 is 40.0. The van der Waals surface area contributed by atoms with Crippen LogP contribution in [-0.4, -0.2) is 49.9 Å². The number of fused-ring (bicyclic) bond motifs is 3. The third kappa shape index (κ3) is 4.27. The molecule has 3 heterocycles. The van der Waals surface area contributed by atoms with E-state index < -0.39 is 17.8 Å². The van der Waals surface area contributed by atoms with Crippen molar-refractivity contribution in [3.8, 4) is 0 Å². The Morgan fingerprint density at radius 3 is 2.68 bits per heavy atom. The average molecular weight is 469 g/mol. The maximum Gasteiger partial charge on any atom is 0.416 e. The highest BCUT2D eigenvalue weighted by atomic mass is 19.4. The van der Waals surface area contributed by atoms with Gasteiger partial charge in [-0.25, -0.2) is 4.99 Å². The number of hydrogen-bond acceptors (Lipinski definition) is 6. The van der Waals surface area contributed by atoms with Crippen LogP contribution in [-0.2, 0) is 6.18 Å². The first-order valence-electron chi connectivity index (χ1n) is 11.4. The van der Waals surface area contributed by atoms with Gasteiger partial charge in [0.25, 0.3) is 0 Å². The molecule has 0 radical (unpaired) electrons. The zero-order valence-electron chi connectivity index (χ0n) is 19.2. The van der Waals surface area contributed by atoms with Gasteiger partial charge in [0.15, 0.2) is 0 Å². The van der Waals surface area contributed by atoms with Crippen molar-refractivity contribution in [3.05, 3.63) is 64.7 Å². The van der Waals surface area contributed by atoms with E-state index in [2.05, 4.69) is 51.4 Å². The summed E-state index contributed by atoms with van der Waals surface area (Å²) in [5, 5.41) is 3.34. The summed E-state index contributed by atoms with van der Waals surface area (Å²) >= 11 is 0. The molecular weight excluding hydrogens is 441 g/mol. The molecule has 2 aromatic rings. The number of nitrogens with one attached hydrogen (secondary N) is 1. The number of hydrogen-bond donors (Lipinski definition) is 2. The molecule has 0 saturated carbocycles. The molecule has 3 aliphatic heterocycles. The molecule has 0 amide bonds. The van der Waals surface area contributed by atoms with Gasteiger partial charge >= 0.3 is 6.18 Å². The number of rotatable bonds is 3. The number of nitrogens with zero attached hydrogens (tertiary/aromatic N) is 4. The Morgan fingerprint density at radius 1 is 1.12 bits per heavy atom. The monoisotopic (exact) mass is 468 g/mol. The summed E-state index contributed by atoms with van der Waals surface area (Å²) in [6.45, 7) is 5.13. The Kier molecular flexibility index (Phi) is 5.59. The topological polar surface area (TPSA) is 69.2 Å². The van der Waals surface area contributed by atoms with Crippen LogP contribution in [0.4, 0.5) is 24.5 Å². The molecule has 34 heavy (non-hydrogen) atoms. The molecule has 5 rings (SSSR count).